The first-order valence-electron chi connectivity index (χ1n) is 6.32. The molecule has 1 fully saturated rings. The summed E-state index contributed by atoms with van der Waals surface area (Å²) in [6.07, 6.45) is -3.52. The number of halogens is 3. The van der Waals surface area contributed by atoms with Crippen molar-refractivity contribution < 1.29 is 36.9 Å². The third kappa shape index (κ3) is 4.34. The molecule has 1 aromatic heterocycles. The zero-order valence-electron chi connectivity index (χ0n) is 11.4. The fraction of sp³-hybridized carbons (Fsp3) is 0.455. The summed E-state index contributed by atoms with van der Waals surface area (Å²) in [5, 5.41) is 5.68. The van der Waals surface area contributed by atoms with Crippen LogP contribution in [0.3, 0.4) is 0 Å². The minimum atomic E-state index is -5.21. The van der Waals surface area contributed by atoms with Crippen LogP contribution in [-0.4, -0.2) is 53.3 Å². The zero-order chi connectivity index (χ0) is 17.0. The first-order chi connectivity index (χ1) is 10.8. The van der Waals surface area contributed by atoms with Crippen molar-refractivity contribution in [2.75, 3.05) is 13.1 Å². The third-order valence-electron chi connectivity index (χ3n) is 2.93. The number of aromatic nitrogens is 1. The summed E-state index contributed by atoms with van der Waals surface area (Å²) in [5.74, 6) is -2.92. The van der Waals surface area contributed by atoms with Gasteiger partial charge in [0.1, 0.15) is 0 Å². The van der Waals surface area contributed by atoms with Gasteiger partial charge in [0.25, 0.3) is 5.91 Å². The Morgan fingerprint density at radius 1 is 1.39 bits per heavy atom. The second-order valence-corrected chi connectivity index (χ2v) is 4.58. The molecule has 1 saturated heterocycles. The van der Waals surface area contributed by atoms with Gasteiger partial charge in [-0.15, -0.1) is 0 Å². The number of nitrogens with one attached hydrogen (secondary N) is 2. The van der Waals surface area contributed by atoms with Gasteiger partial charge in [-0.05, 0) is 6.42 Å². The molecule has 1 aromatic rings. The van der Waals surface area contributed by atoms with Crippen LogP contribution in [0.2, 0.25) is 0 Å². The number of hydrogen-bond acceptors (Lipinski definition) is 6. The molecule has 0 aliphatic carbocycles. The van der Waals surface area contributed by atoms with Crippen molar-refractivity contribution in [1.29, 1.82) is 0 Å². The number of amides is 3. The molecular formula is C11H11F3N4O5. The molecule has 1 aliphatic rings. The van der Waals surface area contributed by atoms with Crippen molar-refractivity contribution in [3.8, 4) is 0 Å². The molecule has 1 atom stereocenters. The molecule has 2 rings (SSSR count). The average Bonchev–Trinajstić information content (AvgIpc) is 3.14. The molecule has 0 saturated carbocycles. The highest BCUT2D eigenvalue weighted by Crippen LogP contribution is 2.16. The van der Waals surface area contributed by atoms with Crippen molar-refractivity contribution in [2.45, 2.75) is 18.6 Å². The van der Waals surface area contributed by atoms with E-state index in [-0.39, 0.29) is 12.3 Å². The van der Waals surface area contributed by atoms with Gasteiger partial charge in [0.2, 0.25) is 5.76 Å². The number of urea groups is 1. The van der Waals surface area contributed by atoms with Crippen LogP contribution in [0, 0.1) is 0 Å². The van der Waals surface area contributed by atoms with Crippen LogP contribution in [0.15, 0.2) is 16.8 Å². The number of carbonyl (C=O) groups excluding carboxylic acids is 3. The second kappa shape index (κ2) is 6.54. The lowest BCUT2D eigenvalue weighted by atomic mass is 10.3. The van der Waals surface area contributed by atoms with Gasteiger partial charge in [-0.25, -0.2) is 9.59 Å². The van der Waals surface area contributed by atoms with Crippen LogP contribution in [0.5, 0.6) is 0 Å². The van der Waals surface area contributed by atoms with E-state index in [1.165, 1.54) is 22.6 Å². The summed E-state index contributed by atoms with van der Waals surface area (Å²) >= 11 is 0. The van der Waals surface area contributed by atoms with Gasteiger partial charge in [-0.1, -0.05) is 5.16 Å². The number of likely N-dealkylation sites (tertiary alicyclic amines) is 1. The number of nitrogens with zero attached hydrogens (tertiary/aromatic N) is 2. The summed E-state index contributed by atoms with van der Waals surface area (Å²) in [7, 11) is 0. The summed E-state index contributed by atoms with van der Waals surface area (Å²) < 4.78 is 40.3. The Labute approximate surface area is 126 Å². The molecule has 0 bridgehead atoms. The fourth-order valence-electron chi connectivity index (χ4n) is 1.91. The Morgan fingerprint density at radius 2 is 2.13 bits per heavy atom. The van der Waals surface area contributed by atoms with Crippen molar-refractivity contribution in [2.24, 2.45) is 0 Å². The molecular weight excluding hydrogens is 325 g/mol. The van der Waals surface area contributed by atoms with E-state index in [0.29, 0.717) is 13.0 Å². The predicted octanol–water partition coefficient (Wildman–Crippen LogP) is 0.209. The van der Waals surface area contributed by atoms with Crippen LogP contribution in [0.1, 0.15) is 17.0 Å². The highest BCUT2D eigenvalue weighted by atomic mass is 19.4. The van der Waals surface area contributed by atoms with Gasteiger partial charge < -0.3 is 19.6 Å². The number of alkyl halides is 3. The lowest BCUT2D eigenvalue weighted by molar-refractivity contribution is -0.204. The van der Waals surface area contributed by atoms with E-state index in [0.717, 1.165) is 0 Å². The van der Waals surface area contributed by atoms with Crippen molar-refractivity contribution in [3.63, 3.8) is 0 Å². The van der Waals surface area contributed by atoms with Gasteiger partial charge in [-0.2, -0.15) is 18.7 Å². The molecule has 3 amide bonds. The largest absolute Gasteiger partial charge is 0.493 e. The lowest BCUT2D eigenvalue weighted by Gasteiger charge is -2.15. The molecule has 2 heterocycles. The molecule has 12 heteroatoms. The normalized spacial score (nSPS) is 17.7. The van der Waals surface area contributed by atoms with Gasteiger partial charge in [0, 0.05) is 25.2 Å². The molecule has 23 heavy (non-hydrogen) atoms. The quantitative estimate of drug-likeness (QED) is 0.746. The van der Waals surface area contributed by atoms with Crippen LogP contribution >= 0.6 is 0 Å². The SMILES string of the molecule is O=C(NOC(=O)C(F)(F)F)N[C@H]1CCN(C(=O)c2ccno2)C1. The van der Waals surface area contributed by atoms with E-state index in [1.807, 2.05) is 0 Å². The summed E-state index contributed by atoms with van der Waals surface area (Å²) in [6.45, 7) is 0.437. The number of carbonyl (C=O) groups is 3. The zero-order valence-corrected chi connectivity index (χ0v) is 11.4. The van der Waals surface area contributed by atoms with Crippen molar-refractivity contribution >= 4 is 17.9 Å². The van der Waals surface area contributed by atoms with Gasteiger partial charge >= 0.3 is 18.2 Å². The molecule has 1 aliphatic heterocycles. The monoisotopic (exact) mass is 336 g/mol. The van der Waals surface area contributed by atoms with Crippen LogP contribution in [0.25, 0.3) is 0 Å². The Morgan fingerprint density at radius 3 is 2.74 bits per heavy atom. The van der Waals surface area contributed by atoms with Gasteiger partial charge in [0.15, 0.2) is 0 Å². The molecule has 0 unspecified atom stereocenters. The van der Waals surface area contributed by atoms with Gasteiger partial charge in [-0.3, -0.25) is 4.79 Å². The van der Waals surface area contributed by atoms with E-state index in [2.05, 4.69) is 15.3 Å². The highest BCUT2D eigenvalue weighted by Gasteiger charge is 2.42. The maximum absolute atomic E-state index is 11.9. The van der Waals surface area contributed by atoms with E-state index in [9.17, 15) is 27.6 Å². The fourth-order valence-corrected chi connectivity index (χ4v) is 1.91. The molecule has 9 nitrogen and oxygen atoms in total. The standard InChI is InChI=1S/C11H11F3N4O5/c12-11(13,14)9(20)23-17-10(21)16-6-2-4-18(5-6)8(19)7-1-3-15-22-7/h1,3,6H,2,4-5H2,(H2,16,17,21)/t6-/m0/s1. The van der Waals surface area contributed by atoms with E-state index in [1.54, 1.807) is 0 Å². The van der Waals surface area contributed by atoms with Gasteiger partial charge in [0.05, 0.1) is 6.20 Å². The predicted molar refractivity (Wildman–Crippen MR) is 64.6 cm³/mol. The van der Waals surface area contributed by atoms with Crippen LogP contribution in [0.4, 0.5) is 18.0 Å². The minimum Gasteiger partial charge on any atom is -0.351 e. The summed E-state index contributed by atoms with van der Waals surface area (Å²) in [4.78, 5) is 38.7. The Bertz CT molecular complexity index is 589. The lowest BCUT2D eigenvalue weighted by Crippen LogP contribution is -2.45. The number of rotatable bonds is 2. The number of hydroxylamine groups is 1. The van der Waals surface area contributed by atoms with E-state index < -0.39 is 30.1 Å². The second-order valence-electron chi connectivity index (χ2n) is 4.58. The average molecular weight is 336 g/mol. The van der Waals surface area contributed by atoms with Crippen LogP contribution < -0.4 is 10.8 Å². The Hall–Kier alpha value is -2.79. The molecule has 126 valence electrons. The summed E-state index contributed by atoms with van der Waals surface area (Å²) in [5.41, 5.74) is 1.34. The maximum atomic E-state index is 11.9. The molecule has 0 aromatic carbocycles. The van der Waals surface area contributed by atoms with Crippen molar-refractivity contribution in [3.05, 3.63) is 18.0 Å². The van der Waals surface area contributed by atoms with E-state index >= 15 is 0 Å². The smallest absolute Gasteiger partial charge is 0.351 e. The molecule has 0 radical (unpaired) electrons. The van der Waals surface area contributed by atoms with E-state index in [4.69, 9.17) is 4.52 Å². The highest BCUT2D eigenvalue weighted by molar-refractivity contribution is 5.91. The minimum absolute atomic E-state index is 0.0363. The first kappa shape index (κ1) is 16.6. The van der Waals surface area contributed by atoms with Crippen molar-refractivity contribution in [1.82, 2.24) is 20.9 Å². The van der Waals surface area contributed by atoms with Crippen LogP contribution in [-0.2, 0) is 9.63 Å². The first-order valence-corrected chi connectivity index (χ1v) is 6.32. The number of hydrogen-bond donors (Lipinski definition) is 2. The Kier molecular flexibility index (Phi) is 4.71. The molecule has 0 spiro atoms. The maximum Gasteiger partial charge on any atom is 0.493 e. The Balaban J connectivity index is 1.76. The molecule has 2 N–H and O–H groups in total. The topological polar surface area (TPSA) is 114 Å². The summed E-state index contributed by atoms with van der Waals surface area (Å²) in [6, 6.07) is -0.250. The third-order valence-corrected chi connectivity index (χ3v) is 2.93.